The minimum atomic E-state index is -3.41. The van der Waals surface area contributed by atoms with E-state index >= 15 is 0 Å². The number of fused-ring (bicyclic) bond motifs is 3. The molecule has 1 aromatic carbocycles. The van der Waals surface area contributed by atoms with Crippen molar-refractivity contribution in [3.8, 4) is 0 Å². The molecular formula is C13H16N2O3S. The number of hydrogen-bond donors (Lipinski definition) is 1. The number of sulfone groups is 1. The minimum Gasteiger partial charge on any atom is -0.320 e. The molecule has 1 aliphatic heterocycles. The second kappa shape index (κ2) is 3.80. The van der Waals surface area contributed by atoms with E-state index in [9.17, 15) is 13.2 Å². The Labute approximate surface area is 116 Å². The number of likely N-dealkylation sites (N-methyl/N-ethyl adjacent to an activating group) is 1. The molecule has 6 heteroatoms. The molecule has 1 amide bonds. The fraction of sp³-hybridized carbons (Fsp3) is 0.462. The first-order valence-electron chi connectivity index (χ1n) is 7.45. The van der Waals surface area contributed by atoms with Crippen LogP contribution in [0.15, 0.2) is 23.1 Å². The van der Waals surface area contributed by atoms with E-state index in [2.05, 4.69) is 0 Å². The van der Waals surface area contributed by atoms with Gasteiger partial charge in [-0.15, -0.1) is 0 Å². The van der Waals surface area contributed by atoms with Crippen LogP contribution in [0.1, 0.15) is 22.0 Å². The first-order valence-corrected chi connectivity index (χ1v) is 7.84. The summed E-state index contributed by atoms with van der Waals surface area (Å²) in [6.07, 6.45) is 1.76. The maximum absolute atomic E-state index is 12.4. The zero-order chi connectivity index (χ0) is 16.4. The smallest absolute Gasteiger partial charge is 0.243 e. The number of nitrogens with two attached hydrogens (primary N) is 1. The summed E-state index contributed by atoms with van der Waals surface area (Å²) in [6.45, 7) is -2.66. The SMILES string of the molecule is [2H]C([2H])([2H])N1C(=O)C(N)C2CC2c2cc(S(C)(=O)=O)ccc21. The lowest BCUT2D eigenvalue weighted by Crippen LogP contribution is -2.42. The van der Waals surface area contributed by atoms with Crippen molar-refractivity contribution in [2.24, 2.45) is 11.7 Å². The largest absolute Gasteiger partial charge is 0.320 e. The summed E-state index contributed by atoms with van der Waals surface area (Å²) >= 11 is 0. The van der Waals surface area contributed by atoms with E-state index in [1.165, 1.54) is 18.2 Å². The van der Waals surface area contributed by atoms with Crippen LogP contribution in [0.3, 0.4) is 0 Å². The van der Waals surface area contributed by atoms with Crippen molar-refractivity contribution in [2.45, 2.75) is 23.3 Å². The summed E-state index contributed by atoms with van der Waals surface area (Å²) in [5.74, 6) is -0.838. The predicted molar refractivity (Wildman–Crippen MR) is 71.8 cm³/mol. The molecule has 1 heterocycles. The Morgan fingerprint density at radius 3 is 2.84 bits per heavy atom. The maximum atomic E-state index is 12.4. The number of anilines is 1. The summed E-state index contributed by atoms with van der Waals surface area (Å²) in [5, 5.41) is 0. The van der Waals surface area contributed by atoms with Crippen molar-refractivity contribution < 1.29 is 17.3 Å². The average molecular weight is 283 g/mol. The average Bonchev–Trinajstić information content (AvgIpc) is 3.15. The van der Waals surface area contributed by atoms with Crippen LogP contribution >= 0.6 is 0 Å². The highest BCUT2D eigenvalue weighted by molar-refractivity contribution is 7.90. The van der Waals surface area contributed by atoms with Crippen molar-refractivity contribution in [1.29, 1.82) is 0 Å². The van der Waals surface area contributed by atoms with E-state index in [0.29, 0.717) is 12.0 Å². The summed E-state index contributed by atoms with van der Waals surface area (Å²) in [7, 11) is -3.41. The Bertz CT molecular complexity index is 760. The molecule has 0 radical (unpaired) electrons. The van der Waals surface area contributed by atoms with Gasteiger partial charge >= 0.3 is 0 Å². The minimum absolute atomic E-state index is 0.0667. The molecule has 0 bridgehead atoms. The second-order valence-corrected chi connectivity index (χ2v) is 7.21. The molecule has 3 atom stereocenters. The Hall–Kier alpha value is -1.40. The highest BCUT2D eigenvalue weighted by Gasteiger charge is 2.49. The Balaban J connectivity index is 2.22. The molecule has 1 aromatic rings. The molecule has 1 aliphatic carbocycles. The van der Waals surface area contributed by atoms with Crippen LogP contribution in [-0.2, 0) is 14.6 Å². The van der Waals surface area contributed by atoms with Gasteiger partial charge in [0.15, 0.2) is 9.84 Å². The predicted octanol–water partition coefficient (Wildman–Crippen LogP) is 0.497. The molecule has 2 aliphatic rings. The molecule has 3 rings (SSSR count). The number of carbonyl (C=O) groups is 1. The van der Waals surface area contributed by atoms with Crippen molar-refractivity contribution in [3.63, 3.8) is 0 Å². The van der Waals surface area contributed by atoms with Gasteiger partial charge in [-0.05, 0) is 42.0 Å². The van der Waals surface area contributed by atoms with E-state index < -0.39 is 28.8 Å². The van der Waals surface area contributed by atoms with E-state index in [-0.39, 0.29) is 22.4 Å². The van der Waals surface area contributed by atoms with Crippen LogP contribution in [0.25, 0.3) is 0 Å². The van der Waals surface area contributed by atoms with Crippen LogP contribution in [0.4, 0.5) is 5.69 Å². The molecule has 0 spiro atoms. The van der Waals surface area contributed by atoms with Gasteiger partial charge in [-0.3, -0.25) is 4.79 Å². The van der Waals surface area contributed by atoms with Gasteiger partial charge in [0.25, 0.3) is 0 Å². The molecule has 2 N–H and O–H groups in total. The van der Waals surface area contributed by atoms with Crippen molar-refractivity contribution >= 4 is 21.4 Å². The second-order valence-electron chi connectivity index (χ2n) is 5.20. The van der Waals surface area contributed by atoms with Gasteiger partial charge in [0, 0.05) is 23.0 Å². The fourth-order valence-corrected chi connectivity index (χ4v) is 3.34. The van der Waals surface area contributed by atoms with E-state index in [4.69, 9.17) is 9.85 Å². The Morgan fingerprint density at radius 2 is 2.21 bits per heavy atom. The van der Waals surface area contributed by atoms with Crippen molar-refractivity contribution in [2.75, 3.05) is 18.1 Å². The van der Waals surface area contributed by atoms with Crippen LogP contribution in [-0.4, -0.2) is 33.6 Å². The first kappa shape index (κ1) is 9.50. The number of carbonyl (C=O) groups excluding carboxylic acids is 1. The fourth-order valence-electron chi connectivity index (χ4n) is 2.68. The van der Waals surface area contributed by atoms with Crippen LogP contribution in [0.2, 0.25) is 0 Å². The van der Waals surface area contributed by atoms with Gasteiger partial charge in [-0.2, -0.15) is 0 Å². The van der Waals surface area contributed by atoms with Gasteiger partial charge in [0.1, 0.15) is 0 Å². The first-order chi connectivity index (χ1) is 10.0. The van der Waals surface area contributed by atoms with Crippen LogP contribution < -0.4 is 10.6 Å². The van der Waals surface area contributed by atoms with Gasteiger partial charge in [0.05, 0.1) is 10.9 Å². The summed E-state index contributed by atoms with van der Waals surface area (Å²) in [5.41, 5.74) is 6.70. The number of benzene rings is 1. The van der Waals surface area contributed by atoms with E-state index in [1.54, 1.807) is 0 Å². The lowest BCUT2D eigenvalue weighted by Gasteiger charge is -2.21. The van der Waals surface area contributed by atoms with Gasteiger partial charge in [-0.25, -0.2) is 8.42 Å². The quantitative estimate of drug-likeness (QED) is 0.813. The third kappa shape index (κ3) is 1.86. The lowest BCUT2D eigenvalue weighted by molar-refractivity contribution is -0.119. The summed E-state index contributed by atoms with van der Waals surface area (Å²) in [6, 6.07) is 3.32. The number of hydrogen-bond acceptors (Lipinski definition) is 4. The molecule has 0 aromatic heterocycles. The number of nitrogens with zero attached hydrogens (tertiary/aromatic N) is 1. The number of amides is 1. The lowest BCUT2D eigenvalue weighted by atomic mass is 10.1. The Kier molecular flexibility index (Phi) is 1.90. The number of rotatable bonds is 1. The van der Waals surface area contributed by atoms with Gasteiger partial charge < -0.3 is 10.6 Å². The van der Waals surface area contributed by atoms with Gasteiger partial charge in [-0.1, -0.05) is 0 Å². The third-order valence-electron chi connectivity index (χ3n) is 3.87. The van der Waals surface area contributed by atoms with Gasteiger partial charge in [0.2, 0.25) is 5.91 Å². The zero-order valence-corrected chi connectivity index (χ0v) is 11.1. The summed E-state index contributed by atoms with van der Waals surface area (Å²) < 4.78 is 46.2. The van der Waals surface area contributed by atoms with E-state index in [1.807, 2.05) is 0 Å². The molecule has 3 unspecified atom stereocenters. The summed E-state index contributed by atoms with van der Waals surface area (Å²) in [4.78, 5) is 13.2. The van der Waals surface area contributed by atoms with E-state index in [0.717, 1.165) is 11.2 Å². The normalized spacial score (nSPS) is 32.5. The standard InChI is InChI=1S/C13H16N2O3S/c1-15-11-4-3-7(19(2,17)18)5-9(11)8-6-10(8)12(14)13(15)16/h3-5,8,10,12H,6,14H2,1-2H3/i1D3. The molecule has 102 valence electrons. The highest BCUT2D eigenvalue weighted by atomic mass is 32.2. The topological polar surface area (TPSA) is 80.5 Å². The monoisotopic (exact) mass is 283 g/mol. The molecule has 5 nitrogen and oxygen atoms in total. The molecule has 0 saturated heterocycles. The van der Waals surface area contributed by atoms with Crippen molar-refractivity contribution in [3.05, 3.63) is 23.8 Å². The Morgan fingerprint density at radius 1 is 1.47 bits per heavy atom. The van der Waals surface area contributed by atoms with Crippen LogP contribution in [0, 0.1) is 5.92 Å². The van der Waals surface area contributed by atoms with Crippen molar-refractivity contribution in [1.82, 2.24) is 0 Å². The molecule has 1 fully saturated rings. The van der Waals surface area contributed by atoms with Crippen LogP contribution in [0.5, 0.6) is 0 Å². The maximum Gasteiger partial charge on any atom is 0.243 e. The third-order valence-corrected chi connectivity index (χ3v) is 4.98. The molecule has 1 saturated carbocycles. The highest BCUT2D eigenvalue weighted by Crippen LogP contribution is 2.54. The molecule has 19 heavy (non-hydrogen) atoms. The zero-order valence-electron chi connectivity index (χ0n) is 13.3. The molecular weight excluding hydrogens is 264 g/mol.